The summed E-state index contributed by atoms with van der Waals surface area (Å²) < 4.78 is 2.09. The van der Waals surface area contributed by atoms with Gasteiger partial charge in [0.05, 0.1) is 0 Å². The van der Waals surface area contributed by atoms with E-state index in [-0.39, 0.29) is 0 Å². The van der Waals surface area contributed by atoms with E-state index in [9.17, 15) is 0 Å². The van der Waals surface area contributed by atoms with Crippen LogP contribution >= 0.6 is 0 Å². The largest absolute Gasteiger partial charge is 0.338 e. The average molecular weight is 241 g/mol. The highest BCUT2D eigenvalue weighted by Gasteiger charge is 2.19. The minimum Gasteiger partial charge on any atom is -0.338 e. The SMILES string of the molecule is Cn1ccnc1CCNC1Cc2ccccc2C1. The van der Waals surface area contributed by atoms with E-state index in [2.05, 4.69) is 39.1 Å². The molecule has 2 aromatic rings. The van der Waals surface area contributed by atoms with E-state index in [1.807, 2.05) is 19.4 Å². The van der Waals surface area contributed by atoms with Crippen LogP contribution in [0.15, 0.2) is 36.7 Å². The topological polar surface area (TPSA) is 29.9 Å². The van der Waals surface area contributed by atoms with Crippen molar-refractivity contribution in [1.82, 2.24) is 14.9 Å². The number of rotatable bonds is 4. The zero-order valence-corrected chi connectivity index (χ0v) is 10.8. The summed E-state index contributed by atoms with van der Waals surface area (Å²) in [5, 5.41) is 3.64. The van der Waals surface area contributed by atoms with Crippen LogP contribution < -0.4 is 5.32 Å². The smallest absolute Gasteiger partial charge is 0.109 e. The quantitative estimate of drug-likeness (QED) is 0.883. The second-order valence-electron chi connectivity index (χ2n) is 5.03. The maximum Gasteiger partial charge on any atom is 0.109 e. The molecule has 1 aromatic heterocycles. The van der Waals surface area contributed by atoms with Gasteiger partial charge in [0.15, 0.2) is 0 Å². The molecule has 0 radical (unpaired) electrons. The molecular formula is C15H19N3. The van der Waals surface area contributed by atoms with Gasteiger partial charge in [-0.15, -0.1) is 0 Å². The molecule has 0 unspecified atom stereocenters. The molecule has 3 nitrogen and oxygen atoms in total. The molecule has 1 aromatic carbocycles. The predicted octanol–water partition coefficient (Wildman–Crippen LogP) is 1.72. The summed E-state index contributed by atoms with van der Waals surface area (Å²) in [6.45, 7) is 1.00. The van der Waals surface area contributed by atoms with Gasteiger partial charge in [-0.05, 0) is 24.0 Å². The Morgan fingerprint density at radius 1 is 1.28 bits per heavy atom. The fourth-order valence-corrected chi connectivity index (χ4v) is 2.73. The molecule has 0 saturated carbocycles. The lowest BCUT2D eigenvalue weighted by molar-refractivity contribution is 0.528. The summed E-state index contributed by atoms with van der Waals surface area (Å²) in [5.74, 6) is 1.15. The standard InChI is InChI=1S/C15H19N3/c1-18-9-8-17-15(18)6-7-16-14-10-12-4-2-3-5-13(12)11-14/h2-5,8-9,14,16H,6-7,10-11H2,1H3. The summed E-state index contributed by atoms with van der Waals surface area (Å²) in [6, 6.07) is 9.36. The molecule has 0 atom stereocenters. The Balaban J connectivity index is 1.50. The van der Waals surface area contributed by atoms with Crippen molar-refractivity contribution >= 4 is 0 Å². The third kappa shape index (κ3) is 2.31. The van der Waals surface area contributed by atoms with Crippen molar-refractivity contribution in [3.05, 3.63) is 53.6 Å². The van der Waals surface area contributed by atoms with Crippen LogP contribution in [0.2, 0.25) is 0 Å². The fraction of sp³-hybridized carbons (Fsp3) is 0.400. The minimum absolute atomic E-state index is 0.600. The van der Waals surface area contributed by atoms with E-state index in [0.29, 0.717) is 6.04 Å². The van der Waals surface area contributed by atoms with Crippen LogP contribution in [-0.4, -0.2) is 22.1 Å². The highest BCUT2D eigenvalue weighted by atomic mass is 15.0. The Morgan fingerprint density at radius 3 is 2.61 bits per heavy atom. The average Bonchev–Trinajstić information content (AvgIpc) is 2.96. The zero-order chi connectivity index (χ0) is 12.4. The van der Waals surface area contributed by atoms with Crippen molar-refractivity contribution in [2.24, 2.45) is 7.05 Å². The Morgan fingerprint density at radius 2 is 2.00 bits per heavy atom. The molecule has 1 aliphatic rings. The van der Waals surface area contributed by atoms with Crippen LogP contribution in [0, 0.1) is 0 Å². The van der Waals surface area contributed by atoms with Crippen LogP contribution in [0.1, 0.15) is 17.0 Å². The molecule has 3 heteroatoms. The van der Waals surface area contributed by atoms with Crippen LogP contribution in [0.5, 0.6) is 0 Å². The number of hydrogen-bond acceptors (Lipinski definition) is 2. The van der Waals surface area contributed by atoms with E-state index < -0.39 is 0 Å². The maximum atomic E-state index is 4.34. The molecule has 0 aliphatic heterocycles. The number of fused-ring (bicyclic) bond motifs is 1. The Labute approximate surface area is 108 Å². The summed E-state index contributed by atoms with van der Waals surface area (Å²) in [7, 11) is 2.05. The summed E-state index contributed by atoms with van der Waals surface area (Å²) in [5.41, 5.74) is 3.01. The molecule has 0 fully saturated rings. The van der Waals surface area contributed by atoms with Crippen LogP contribution in [0.25, 0.3) is 0 Å². The molecule has 1 heterocycles. The highest BCUT2D eigenvalue weighted by Crippen LogP contribution is 2.21. The Bertz CT molecular complexity index is 505. The first-order valence-electron chi connectivity index (χ1n) is 6.59. The van der Waals surface area contributed by atoms with Crippen molar-refractivity contribution < 1.29 is 0 Å². The third-order valence-corrected chi connectivity index (χ3v) is 3.75. The van der Waals surface area contributed by atoms with Gasteiger partial charge in [0, 0.05) is 38.4 Å². The first-order valence-corrected chi connectivity index (χ1v) is 6.59. The highest BCUT2D eigenvalue weighted by molar-refractivity contribution is 5.33. The molecule has 18 heavy (non-hydrogen) atoms. The molecule has 1 N–H and O–H groups in total. The van der Waals surface area contributed by atoms with Crippen LogP contribution in [0.4, 0.5) is 0 Å². The van der Waals surface area contributed by atoms with Gasteiger partial charge < -0.3 is 9.88 Å². The van der Waals surface area contributed by atoms with Gasteiger partial charge in [0.2, 0.25) is 0 Å². The summed E-state index contributed by atoms with van der Waals surface area (Å²) in [4.78, 5) is 4.34. The predicted molar refractivity (Wildman–Crippen MR) is 72.6 cm³/mol. The first-order chi connectivity index (χ1) is 8.83. The van der Waals surface area contributed by atoms with Crippen LogP contribution in [-0.2, 0) is 26.3 Å². The van der Waals surface area contributed by atoms with Crippen molar-refractivity contribution in [2.45, 2.75) is 25.3 Å². The normalized spacial score (nSPS) is 14.9. The lowest BCUT2D eigenvalue weighted by Crippen LogP contribution is -2.31. The number of aryl methyl sites for hydroxylation is 1. The van der Waals surface area contributed by atoms with Crippen molar-refractivity contribution in [1.29, 1.82) is 0 Å². The summed E-state index contributed by atoms with van der Waals surface area (Å²) in [6.07, 6.45) is 7.19. The Kier molecular flexibility index (Phi) is 3.15. The lowest BCUT2D eigenvalue weighted by Gasteiger charge is -2.11. The number of hydrogen-bond donors (Lipinski definition) is 1. The fourth-order valence-electron chi connectivity index (χ4n) is 2.73. The van der Waals surface area contributed by atoms with Crippen molar-refractivity contribution in [2.75, 3.05) is 6.54 Å². The first kappa shape index (κ1) is 11.5. The van der Waals surface area contributed by atoms with Gasteiger partial charge in [-0.2, -0.15) is 0 Å². The van der Waals surface area contributed by atoms with Crippen LogP contribution in [0.3, 0.4) is 0 Å². The summed E-state index contributed by atoms with van der Waals surface area (Å²) >= 11 is 0. The van der Waals surface area contributed by atoms with E-state index in [1.165, 1.54) is 11.1 Å². The number of nitrogens with one attached hydrogen (secondary N) is 1. The second kappa shape index (κ2) is 4.94. The second-order valence-corrected chi connectivity index (χ2v) is 5.03. The minimum atomic E-state index is 0.600. The van der Waals surface area contributed by atoms with Crippen molar-refractivity contribution in [3.63, 3.8) is 0 Å². The van der Waals surface area contributed by atoms with Gasteiger partial charge in [-0.3, -0.25) is 0 Å². The lowest BCUT2D eigenvalue weighted by atomic mass is 10.1. The maximum absolute atomic E-state index is 4.34. The van der Waals surface area contributed by atoms with Gasteiger partial charge in [0.1, 0.15) is 5.82 Å². The monoisotopic (exact) mass is 241 g/mol. The number of benzene rings is 1. The molecule has 1 aliphatic carbocycles. The molecule has 0 saturated heterocycles. The Hall–Kier alpha value is -1.61. The number of nitrogens with zero attached hydrogens (tertiary/aromatic N) is 2. The van der Waals surface area contributed by atoms with Gasteiger partial charge in [-0.25, -0.2) is 4.98 Å². The molecule has 0 spiro atoms. The molecule has 0 bridgehead atoms. The molecule has 0 amide bonds. The molecule has 94 valence electrons. The van der Waals surface area contributed by atoms with E-state index in [1.54, 1.807) is 0 Å². The number of imidazole rings is 1. The van der Waals surface area contributed by atoms with Gasteiger partial charge in [-0.1, -0.05) is 24.3 Å². The molecule has 3 rings (SSSR count). The third-order valence-electron chi connectivity index (χ3n) is 3.75. The van der Waals surface area contributed by atoms with Gasteiger partial charge in [0.25, 0.3) is 0 Å². The molecular weight excluding hydrogens is 222 g/mol. The van der Waals surface area contributed by atoms with E-state index >= 15 is 0 Å². The van der Waals surface area contributed by atoms with Gasteiger partial charge >= 0.3 is 0 Å². The van der Waals surface area contributed by atoms with E-state index in [4.69, 9.17) is 0 Å². The zero-order valence-electron chi connectivity index (χ0n) is 10.8. The van der Waals surface area contributed by atoms with Crippen molar-refractivity contribution in [3.8, 4) is 0 Å². The number of aromatic nitrogens is 2. The van der Waals surface area contributed by atoms with E-state index in [0.717, 1.165) is 31.6 Å².